The van der Waals surface area contributed by atoms with Crippen molar-refractivity contribution in [1.82, 2.24) is 4.57 Å². The molecule has 0 radical (unpaired) electrons. The van der Waals surface area contributed by atoms with Gasteiger partial charge in [0.05, 0.1) is 18.5 Å². The second-order valence-corrected chi connectivity index (χ2v) is 5.90. The number of hydrogen-bond donors (Lipinski definition) is 1. The van der Waals surface area contributed by atoms with Crippen molar-refractivity contribution in [3.63, 3.8) is 0 Å². The van der Waals surface area contributed by atoms with Crippen molar-refractivity contribution in [2.45, 2.75) is 19.9 Å². The number of rotatable bonds is 8. The molecule has 28 heavy (non-hydrogen) atoms. The van der Waals surface area contributed by atoms with Crippen molar-refractivity contribution in [3.8, 4) is 5.75 Å². The fourth-order valence-electron chi connectivity index (χ4n) is 2.65. The molecule has 2 aromatic carbocycles. The Labute approximate surface area is 160 Å². The smallest absolute Gasteiger partial charge is 0.419 e. The van der Waals surface area contributed by atoms with Gasteiger partial charge in [-0.05, 0) is 43.3 Å². The maximum atomic E-state index is 11.9. The number of hydrogen-bond acceptors (Lipinski definition) is 6. The fourth-order valence-corrected chi connectivity index (χ4v) is 2.65. The third kappa shape index (κ3) is 4.79. The van der Waals surface area contributed by atoms with E-state index in [0.717, 1.165) is 0 Å². The molecule has 1 amide bonds. The van der Waals surface area contributed by atoms with Crippen LogP contribution >= 0.6 is 0 Å². The third-order valence-electron chi connectivity index (χ3n) is 3.93. The summed E-state index contributed by atoms with van der Waals surface area (Å²) >= 11 is 0. The number of carbonyl (C=O) groups is 2. The molecule has 0 bridgehead atoms. The monoisotopic (exact) mass is 384 g/mol. The Morgan fingerprint density at radius 1 is 1.11 bits per heavy atom. The lowest BCUT2D eigenvalue weighted by molar-refractivity contribution is -0.147. The number of amides is 1. The Balaban J connectivity index is 1.46. The Bertz CT molecular complexity index is 1020. The number of benzene rings is 2. The molecule has 1 N–H and O–H groups in total. The van der Waals surface area contributed by atoms with Crippen LogP contribution in [0.4, 0.5) is 5.69 Å². The van der Waals surface area contributed by atoms with Crippen molar-refractivity contribution in [3.05, 3.63) is 59.1 Å². The molecular weight excluding hydrogens is 364 g/mol. The van der Waals surface area contributed by atoms with Crippen LogP contribution < -0.4 is 15.8 Å². The molecule has 146 valence electrons. The molecule has 0 aliphatic heterocycles. The summed E-state index contributed by atoms with van der Waals surface area (Å²) in [5.74, 6) is -0.876. The highest BCUT2D eigenvalue weighted by atomic mass is 16.5. The zero-order chi connectivity index (χ0) is 19.9. The van der Waals surface area contributed by atoms with E-state index in [-0.39, 0.29) is 13.0 Å². The Kier molecular flexibility index (Phi) is 6.11. The number of aromatic nitrogens is 1. The van der Waals surface area contributed by atoms with Crippen LogP contribution in [0.2, 0.25) is 0 Å². The standard InChI is InChI=1S/C20H20N2O6/c1-2-26-15-9-7-14(8-10-15)21-18(23)13-27-19(24)11-12-22-16-5-3-4-6-17(16)28-20(22)25/h3-10H,2,11-13H2,1H3,(H,21,23). The third-order valence-corrected chi connectivity index (χ3v) is 3.93. The van der Waals surface area contributed by atoms with Gasteiger partial charge in [-0.15, -0.1) is 0 Å². The molecule has 1 heterocycles. The minimum Gasteiger partial charge on any atom is -0.494 e. The van der Waals surface area contributed by atoms with Crippen LogP contribution in [0.5, 0.6) is 5.75 Å². The lowest BCUT2D eigenvalue weighted by atomic mass is 10.3. The van der Waals surface area contributed by atoms with Gasteiger partial charge in [0.15, 0.2) is 12.2 Å². The summed E-state index contributed by atoms with van der Waals surface area (Å²) in [5.41, 5.74) is 1.63. The topological polar surface area (TPSA) is 99.8 Å². The van der Waals surface area contributed by atoms with Crippen LogP contribution in [0, 0.1) is 0 Å². The molecule has 8 heteroatoms. The van der Waals surface area contributed by atoms with Crippen LogP contribution in [-0.2, 0) is 20.9 Å². The van der Waals surface area contributed by atoms with Crippen molar-refractivity contribution < 1.29 is 23.5 Å². The molecule has 0 atom stereocenters. The van der Waals surface area contributed by atoms with Crippen LogP contribution in [0.25, 0.3) is 11.1 Å². The quantitative estimate of drug-likeness (QED) is 0.599. The maximum absolute atomic E-state index is 11.9. The lowest BCUT2D eigenvalue weighted by Crippen LogP contribution is -2.22. The number of carbonyl (C=O) groups excluding carboxylic acids is 2. The van der Waals surface area contributed by atoms with E-state index in [4.69, 9.17) is 13.9 Å². The number of nitrogens with zero attached hydrogens (tertiary/aromatic N) is 1. The highest BCUT2D eigenvalue weighted by molar-refractivity contribution is 5.92. The van der Waals surface area contributed by atoms with Gasteiger partial charge in [0.2, 0.25) is 0 Å². The van der Waals surface area contributed by atoms with Crippen LogP contribution in [-0.4, -0.2) is 29.7 Å². The average molecular weight is 384 g/mol. The van der Waals surface area contributed by atoms with Crippen molar-refractivity contribution in [1.29, 1.82) is 0 Å². The summed E-state index contributed by atoms with van der Waals surface area (Å²) in [7, 11) is 0. The first-order valence-electron chi connectivity index (χ1n) is 8.83. The molecule has 8 nitrogen and oxygen atoms in total. The average Bonchev–Trinajstić information content (AvgIpc) is 3.01. The van der Waals surface area contributed by atoms with Gasteiger partial charge in [-0.3, -0.25) is 14.2 Å². The summed E-state index contributed by atoms with van der Waals surface area (Å²) in [6.07, 6.45) is -0.0558. The van der Waals surface area contributed by atoms with Crippen molar-refractivity contribution in [2.75, 3.05) is 18.5 Å². The van der Waals surface area contributed by atoms with Gasteiger partial charge in [0.1, 0.15) is 5.75 Å². The molecule has 0 saturated carbocycles. The van der Waals surface area contributed by atoms with E-state index in [1.165, 1.54) is 4.57 Å². The van der Waals surface area contributed by atoms with E-state index >= 15 is 0 Å². The molecule has 0 spiro atoms. The van der Waals surface area contributed by atoms with E-state index in [1.54, 1.807) is 48.5 Å². The van der Waals surface area contributed by atoms with Crippen molar-refractivity contribution in [2.24, 2.45) is 0 Å². The summed E-state index contributed by atoms with van der Waals surface area (Å²) in [5, 5.41) is 2.63. The van der Waals surface area contributed by atoms with Gasteiger partial charge in [-0.25, -0.2) is 4.79 Å². The number of anilines is 1. The summed E-state index contributed by atoms with van der Waals surface area (Å²) in [6, 6.07) is 13.8. The first kappa shape index (κ1) is 19.2. The second-order valence-electron chi connectivity index (χ2n) is 5.90. The number of fused-ring (bicyclic) bond motifs is 1. The van der Waals surface area contributed by atoms with Crippen LogP contribution in [0.3, 0.4) is 0 Å². The zero-order valence-electron chi connectivity index (χ0n) is 15.3. The SMILES string of the molecule is CCOc1ccc(NC(=O)COC(=O)CCn2c(=O)oc3ccccc32)cc1. The molecule has 3 rings (SSSR count). The minimum atomic E-state index is -0.584. The Hall–Kier alpha value is -3.55. The summed E-state index contributed by atoms with van der Waals surface area (Å²) < 4.78 is 16.8. The van der Waals surface area contributed by atoms with Gasteiger partial charge >= 0.3 is 11.7 Å². The number of nitrogens with one attached hydrogen (secondary N) is 1. The highest BCUT2D eigenvalue weighted by Gasteiger charge is 2.12. The van der Waals surface area contributed by atoms with E-state index in [9.17, 15) is 14.4 Å². The number of esters is 1. The number of oxazole rings is 1. The number of aryl methyl sites for hydroxylation is 1. The van der Waals surface area contributed by atoms with E-state index in [2.05, 4.69) is 5.32 Å². The lowest BCUT2D eigenvalue weighted by Gasteiger charge is -2.08. The molecule has 0 aliphatic carbocycles. The summed E-state index contributed by atoms with van der Waals surface area (Å²) in [4.78, 5) is 35.7. The predicted octanol–water partition coefficient (Wildman–Crippen LogP) is 2.57. The minimum absolute atomic E-state index is 0.0558. The summed E-state index contributed by atoms with van der Waals surface area (Å²) in [6.45, 7) is 2.14. The highest BCUT2D eigenvalue weighted by Crippen LogP contribution is 2.15. The van der Waals surface area contributed by atoms with Crippen LogP contribution in [0.15, 0.2) is 57.7 Å². The molecular formula is C20H20N2O6. The Morgan fingerprint density at radius 3 is 2.61 bits per heavy atom. The molecule has 0 aliphatic rings. The fraction of sp³-hybridized carbons (Fsp3) is 0.250. The van der Waals surface area contributed by atoms with Gasteiger partial charge < -0.3 is 19.2 Å². The van der Waals surface area contributed by atoms with Gasteiger partial charge in [0, 0.05) is 12.2 Å². The zero-order valence-corrected chi connectivity index (χ0v) is 15.3. The molecule has 0 unspecified atom stereocenters. The Morgan fingerprint density at radius 2 is 1.86 bits per heavy atom. The maximum Gasteiger partial charge on any atom is 0.419 e. The van der Waals surface area contributed by atoms with Gasteiger partial charge in [0.25, 0.3) is 5.91 Å². The first-order valence-corrected chi connectivity index (χ1v) is 8.83. The second kappa shape index (κ2) is 8.90. The molecule has 0 saturated heterocycles. The normalized spacial score (nSPS) is 10.6. The molecule has 0 fully saturated rings. The predicted molar refractivity (Wildman–Crippen MR) is 102 cm³/mol. The number of ether oxygens (including phenoxy) is 2. The molecule has 1 aromatic heterocycles. The number of para-hydroxylation sites is 2. The van der Waals surface area contributed by atoms with Gasteiger partial charge in [-0.2, -0.15) is 0 Å². The van der Waals surface area contributed by atoms with E-state index in [1.807, 2.05) is 6.92 Å². The largest absolute Gasteiger partial charge is 0.494 e. The molecule has 3 aromatic rings. The van der Waals surface area contributed by atoms with Crippen LogP contribution in [0.1, 0.15) is 13.3 Å². The van der Waals surface area contributed by atoms with E-state index < -0.39 is 24.2 Å². The van der Waals surface area contributed by atoms with E-state index in [0.29, 0.717) is 29.1 Å². The first-order chi connectivity index (χ1) is 13.6. The van der Waals surface area contributed by atoms with Gasteiger partial charge in [-0.1, -0.05) is 12.1 Å². The van der Waals surface area contributed by atoms with Crippen molar-refractivity contribution >= 4 is 28.7 Å².